The van der Waals surface area contributed by atoms with Crippen LogP contribution < -0.4 is 4.90 Å². The summed E-state index contributed by atoms with van der Waals surface area (Å²) in [6.07, 6.45) is 17.1. The number of rotatable bonds is 25. The lowest BCUT2D eigenvalue weighted by atomic mass is 10.0. The number of aliphatic hydroxyl groups excluding tert-OH is 1. The van der Waals surface area contributed by atoms with Gasteiger partial charge in [-0.05, 0) is 229 Å². The minimum atomic E-state index is -4.14. The normalized spacial score (nSPS) is 19.5. The van der Waals surface area contributed by atoms with E-state index in [9.17, 15) is 31.1 Å². The fourth-order valence-electron chi connectivity index (χ4n) is 14.1. The molecule has 0 unspecified atom stereocenters. The first-order valence-corrected chi connectivity index (χ1v) is 38.5. The summed E-state index contributed by atoms with van der Waals surface area (Å²) in [5.41, 5.74) is 2.17. The number of alkyl halides is 4. The molecule has 1 N–H and O–H groups in total. The number of piperidine rings is 6. The maximum Gasteiger partial charge on any atom is 0.401 e. The molecule has 0 amide bonds. The third-order valence-electron chi connectivity index (χ3n) is 20.2. The zero-order chi connectivity index (χ0) is 71.3. The van der Waals surface area contributed by atoms with Crippen LogP contribution in [0.25, 0.3) is 0 Å². The van der Waals surface area contributed by atoms with Gasteiger partial charge in [-0.1, -0.05) is 69.3 Å². The van der Waals surface area contributed by atoms with E-state index in [0.29, 0.717) is 56.4 Å². The van der Waals surface area contributed by atoms with Gasteiger partial charge in [0.15, 0.2) is 12.8 Å². The second-order valence-electron chi connectivity index (χ2n) is 27.8. The van der Waals surface area contributed by atoms with E-state index in [1.54, 1.807) is 18.2 Å². The topological polar surface area (TPSA) is 155 Å². The summed E-state index contributed by atoms with van der Waals surface area (Å²) in [7, 11) is 11.8. The van der Waals surface area contributed by atoms with Crippen molar-refractivity contribution in [2.45, 2.75) is 160 Å². The van der Waals surface area contributed by atoms with Crippen molar-refractivity contribution in [1.29, 1.82) is 0 Å². The van der Waals surface area contributed by atoms with Gasteiger partial charge in [0, 0.05) is 80.9 Å². The van der Waals surface area contributed by atoms with Gasteiger partial charge < -0.3 is 53.1 Å². The first kappa shape index (κ1) is 84.5. The summed E-state index contributed by atoms with van der Waals surface area (Å²) in [6, 6.07) is 22.8. The van der Waals surface area contributed by atoms with E-state index >= 15 is 0 Å². The second-order valence-corrected chi connectivity index (χ2v) is 30.1. The van der Waals surface area contributed by atoms with Gasteiger partial charge >= 0.3 is 6.18 Å². The molecule has 25 heteroatoms. The number of hydrogen-bond donors (Lipinski definition) is 1. The number of anilines is 1. The molecule has 98 heavy (non-hydrogen) atoms. The van der Waals surface area contributed by atoms with Crippen molar-refractivity contribution in [2.24, 2.45) is 0 Å². The Hall–Kier alpha value is -4.19. The zero-order valence-electron chi connectivity index (χ0n) is 61.9. The Kier molecular flexibility index (Phi) is 40.0. The molecule has 0 atom stereocenters. The van der Waals surface area contributed by atoms with Gasteiger partial charge in [-0.15, -0.1) is 0 Å². The maximum absolute atomic E-state index is 12.8. The Morgan fingerprint density at radius 3 is 1.24 bits per heavy atom. The number of hydroxylamine groups is 2. The number of oxazole rings is 2. The summed E-state index contributed by atoms with van der Waals surface area (Å²) < 4.78 is 83.8. The first-order chi connectivity index (χ1) is 47.0. The molecule has 6 fully saturated rings. The monoisotopic (exact) mass is 1400 g/mol. The van der Waals surface area contributed by atoms with Crippen LogP contribution in [0.15, 0.2) is 94.7 Å². The predicted octanol–water partition coefficient (Wildman–Crippen LogP) is 9.27. The summed E-state index contributed by atoms with van der Waals surface area (Å²) in [4.78, 5) is 38.0. The van der Waals surface area contributed by atoms with Crippen molar-refractivity contribution in [1.82, 2.24) is 64.0 Å². The molecule has 2 aromatic heterocycles. The van der Waals surface area contributed by atoms with Crippen LogP contribution in [-0.4, -0.2) is 319 Å². The summed E-state index contributed by atoms with van der Waals surface area (Å²) in [5, 5.41) is 11.3. The SMILES string of the molecule is CCN(CCS(C)(=O)=O)C1CCN(C)CC1.CCN(Cc1cnco1)C1CCN(C)CC1.CCN(OC)C1CCN(C)CC1.CN1CCC(N(CCF)Cc2cnco2)CC1.CN1CCC(N(CCO)c2ccccc2)CC1.CN1CCC(N(Cc2ccccc2)CC(F)(F)F)CC1. The molecule has 4 aromatic rings. The van der Waals surface area contributed by atoms with Crippen LogP contribution in [0.3, 0.4) is 0 Å². The van der Waals surface area contributed by atoms with Crippen LogP contribution in [0, 0.1) is 0 Å². The largest absolute Gasteiger partial charge is 0.447 e. The van der Waals surface area contributed by atoms with E-state index in [1.807, 2.05) is 49.6 Å². The van der Waals surface area contributed by atoms with Gasteiger partial charge in [0.2, 0.25) is 0 Å². The molecular formula is C73H128F4N14O6S. The van der Waals surface area contributed by atoms with E-state index in [0.717, 1.165) is 141 Å². The highest BCUT2D eigenvalue weighted by Crippen LogP contribution is 2.27. The molecule has 10 rings (SSSR count). The van der Waals surface area contributed by atoms with Crippen molar-refractivity contribution in [3.8, 4) is 0 Å². The summed E-state index contributed by atoms with van der Waals surface area (Å²) in [6.45, 7) is 25.7. The predicted molar refractivity (Wildman–Crippen MR) is 389 cm³/mol. The number of para-hydroxylation sites is 1. The summed E-state index contributed by atoms with van der Waals surface area (Å²) >= 11 is 0. The maximum atomic E-state index is 12.8. The van der Waals surface area contributed by atoms with E-state index in [-0.39, 0.29) is 25.1 Å². The van der Waals surface area contributed by atoms with Crippen LogP contribution in [0.5, 0.6) is 0 Å². The lowest BCUT2D eigenvalue weighted by Gasteiger charge is -2.38. The quantitative estimate of drug-likeness (QED) is 0.0495. The minimum absolute atomic E-state index is 0.0213. The van der Waals surface area contributed by atoms with Crippen LogP contribution in [0.1, 0.15) is 115 Å². The molecule has 0 saturated carbocycles. The van der Waals surface area contributed by atoms with E-state index < -0.39 is 22.6 Å². The van der Waals surface area contributed by atoms with Gasteiger partial charge in [0.25, 0.3) is 0 Å². The Morgan fingerprint density at radius 2 is 0.888 bits per heavy atom. The lowest BCUT2D eigenvalue weighted by Crippen LogP contribution is -2.46. The van der Waals surface area contributed by atoms with Gasteiger partial charge in [-0.2, -0.15) is 18.2 Å². The van der Waals surface area contributed by atoms with Crippen molar-refractivity contribution >= 4 is 15.5 Å². The Labute approximate surface area is 588 Å². The van der Waals surface area contributed by atoms with E-state index in [2.05, 4.69) is 144 Å². The summed E-state index contributed by atoms with van der Waals surface area (Å²) in [5.74, 6) is 2.07. The smallest absolute Gasteiger partial charge is 0.401 e. The molecule has 20 nitrogen and oxygen atoms in total. The van der Waals surface area contributed by atoms with Crippen LogP contribution in [0.4, 0.5) is 23.2 Å². The molecule has 0 radical (unpaired) electrons. The second kappa shape index (κ2) is 46.4. The van der Waals surface area contributed by atoms with Crippen molar-refractivity contribution in [3.05, 3.63) is 103 Å². The third kappa shape index (κ3) is 33.3. The molecule has 6 saturated heterocycles. The molecule has 6 aliphatic heterocycles. The molecule has 0 aliphatic carbocycles. The molecular weight excluding hydrogens is 1280 g/mol. The number of hydrogen-bond acceptors (Lipinski definition) is 20. The van der Waals surface area contributed by atoms with Gasteiger partial charge in [-0.25, -0.2) is 22.8 Å². The highest BCUT2D eigenvalue weighted by atomic mass is 32.2. The molecule has 560 valence electrons. The fourth-order valence-corrected chi connectivity index (χ4v) is 14.7. The average molecular weight is 1410 g/mol. The van der Waals surface area contributed by atoms with Crippen LogP contribution >= 0.6 is 0 Å². The highest BCUT2D eigenvalue weighted by molar-refractivity contribution is 7.90. The van der Waals surface area contributed by atoms with E-state index in [4.69, 9.17) is 13.7 Å². The Balaban J connectivity index is 0.000000213. The zero-order valence-corrected chi connectivity index (χ0v) is 62.7. The van der Waals surface area contributed by atoms with Crippen molar-refractivity contribution < 1.29 is 44.8 Å². The number of sulfone groups is 1. The average Bonchev–Trinajstić information content (AvgIpc) is 1.43. The minimum Gasteiger partial charge on any atom is -0.447 e. The van der Waals surface area contributed by atoms with Gasteiger partial charge in [0.1, 0.15) is 28.0 Å². The molecule has 6 aliphatic rings. The number of likely N-dealkylation sites (tertiary alicyclic amines) is 6. The standard InChI is InChI=1S/C15H21F3N2.C14H22N2O.C12H20FN3O.C12H21N3O.C11H24N2O2S.C9H20N2O/c1-19-9-7-14(8-10-19)20(12-15(16,17)18)11-13-5-3-2-4-6-13;1-15-9-7-14(8-10-15)16(11-12-17)13-5-3-2-4-6-13;1-15-5-2-11(3-6-15)16(7-4-13)9-12-8-14-10-17-12;1-3-15(9-12-8-13-10-16-12)11-4-6-14(2)7-5-11;1-4-13(9-10-16(3,14)15)11-5-7-12(2)8-6-11;1-4-11(12-3)9-5-7-10(2)8-6-9/h2-6,14H,7-12H2,1H3;2-6,14,17H,7-12H2,1H3;8,10-11H,2-7,9H2,1H3;8,10-11H,3-7,9H2,1-2H3;11H,4-10H2,1-3H3;9H,4-8H2,1-3H3. The number of nitrogens with zero attached hydrogens (tertiary/aromatic N) is 14. The first-order valence-electron chi connectivity index (χ1n) is 36.4. The number of benzene rings is 2. The number of aliphatic hydroxyl groups is 1. The highest BCUT2D eigenvalue weighted by Gasteiger charge is 2.35. The van der Waals surface area contributed by atoms with E-state index in [1.165, 1.54) is 89.4 Å². The third-order valence-corrected chi connectivity index (χ3v) is 21.2. The van der Waals surface area contributed by atoms with Crippen LogP contribution in [-0.2, 0) is 34.3 Å². The lowest BCUT2D eigenvalue weighted by molar-refractivity contribution is -0.167. The molecule has 0 spiro atoms. The molecule has 2 aromatic carbocycles. The van der Waals surface area contributed by atoms with Crippen molar-refractivity contribution in [3.63, 3.8) is 0 Å². The van der Waals surface area contributed by atoms with Crippen LogP contribution in [0.2, 0.25) is 0 Å². The Bertz CT molecular complexity index is 2670. The Morgan fingerprint density at radius 1 is 0.510 bits per heavy atom. The number of halogens is 4. The van der Waals surface area contributed by atoms with Crippen molar-refractivity contribution in [2.75, 3.05) is 204 Å². The number of aromatic nitrogens is 2. The fraction of sp³-hybridized carbons (Fsp3) is 0.753. The van der Waals surface area contributed by atoms with Gasteiger partial charge in [-0.3, -0.25) is 19.6 Å². The molecule has 0 bridgehead atoms. The van der Waals surface area contributed by atoms with Gasteiger partial charge in [0.05, 0.1) is 51.5 Å². The molecule has 8 heterocycles.